The van der Waals surface area contributed by atoms with Crippen LogP contribution in [0.25, 0.3) is 0 Å². The van der Waals surface area contributed by atoms with Crippen LogP contribution >= 0.6 is 0 Å². The van der Waals surface area contributed by atoms with Crippen LogP contribution in [0.15, 0.2) is 48.1 Å². The van der Waals surface area contributed by atoms with Crippen LogP contribution in [0.1, 0.15) is 45.1 Å². The van der Waals surface area contributed by atoms with Crippen LogP contribution in [-0.2, 0) is 6.42 Å². The molecule has 4 nitrogen and oxygen atoms in total. The number of urea groups is 1. The van der Waals surface area contributed by atoms with E-state index in [9.17, 15) is 9.90 Å². The molecule has 1 aliphatic carbocycles. The number of phenols is 1. The smallest absolute Gasteiger partial charge is 0.315 e. The Labute approximate surface area is 144 Å². The SMILES string of the molecule is CC(C)(CC1=CCCC=C1)NC(=O)NCCCc1ccc(O)cc1. The number of allylic oxidation sites excluding steroid dienone is 3. The summed E-state index contributed by atoms with van der Waals surface area (Å²) in [6, 6.07) is 7.07. The Morgan fingerprint density at radius 2 is 1.96 bits per heavy atom. The predicted molar refractivity (Wildman–Crippen MR) is 98.1 cm³/mol. The lowest BCUT2D eigenvalue weighted by molar-refractivity contribution is 0.229. The zero-order chi connectivity index (χ0) is 17.4. The van der Waals surface area contributed by atoms with Crippen molar-refractivity contribution >= 4 is 6.03 Å². The third-order valence-corrected chi connectivity index (χ3v) is 4.03. The lowest BCUT2D eigenvalue weighted by atomic mass is 9.92. The van der Waals surface area contributed by atoms with Gasteiger partial charge in [-0.2, -0.15) is 0 Å². The molecule has 130 valence electrons. The van der Waals surface area contributed by atoms with E-state index in [1.807, 2.05) is 26.0 Å². The first kappa shape index (κ1) is 18.1. The number of benzene rings is 1. The molecule has 0 aromatic heterocycles. The topological polar surface area (TPSA) is 61.4 Å². The predicted octanol–water partition coefficient (Wildman–Crippen LogP) is 4.07. The van der Waals surface area contributed by atoms with E-state index >= 15 is 0 Å². The first-order chi connectivity index (χ1) is 11.4. The summed E-state index contributed by atoms with van der Waals surface area (Å²) in [5.41, 5.74) is 2.18. The van der Waals surface area contributed by atoms with Crippen molar-refractivity contribution in [3.63, 3.8) is 0 Å². The summed E-state index contributed by atoms with van der Waals surface area (Å²) < 4.78 is 0. The number of nitrogens with one attached hydrogen (secondary N) is 2. The van der Waals surface area contributed by atoms with Gasteiger partial charge in [-0.05, 0) is 63.6 Å². The van der Waals surface area contributed by atoms with E-state index in [1.54, 1.807) is 12.1 Å². The van der Waals surface area contributed by atoms with Crippen molar-refractivity contribution in [1.29, 1.82) is 0 Å². The van der Waals surface area contributed by atoms with Gasteiger partial charge >= 0.3 is 6.03 Å². The Balaban J connectivity index is 1.67. The molecule has 0 saturated heterocycles. The molecular formula is C20H28N2O2. The van der Waals surface area contributed by atoms with Crippen molar-refractivity contribution in [2.45, 2.75) is 51.5 Å². The second kappa shape index (κ2) is 8.57. The Morgan fingerprint density at radius 1 is 1.21 bits per heavy atom. The number of carbonyl (C=O) groups is 1. The molecule has 2 amide bonds. The molecular weight excluding hydrogens is 300 g/mol. The quantitative estimate of drug-likeness (QED) is 0.661. The molecule has 0 saturated carbocycles. The number of amides is 2. The summed E-state index contributed by atoms with van der Waals surface area (Å²) in [5, 5.41) is 15.2. The maximum absolute atomic E-state index is 12.1. The normalized spacial score (nSPS) is 14.2. The van der Waals surface area contributed by atoms with Gasteiger partial charge in [-0.3, -0.25) is 0 Å². The molecule has 2 rings (SSSR count). The van der Waals surface area contributed by atoms with E-state index in [4.69, 9.17) is 0 Å². The highest BCUT2D eigenvalue weighted by atomic mass is 16.3. The number of aryl methyl sites for hydroxylation is 1. The molecule has 1 aromatic carbocycles. The van der Waals surface area contributed by atoms with E-state index in [0.29, 0.717) is 6.54 Å². The van der Waals surface area contributed by atoms with Crippen molar-refractivity contribution in [3.05, 3.63) is 53.6 Å². The number of rotatable bonds is 7. The highest BCUT2D eigenvalue weighted by Crippen LogP contribution is 2.20. The van der Waals surface area contributed by atoms with Crippen molar-refractivity contribution < 1.29 is 9.90 Å². The fourth-order valence-electron chi connectivity index (χ4n) is 2.86. The van der Waals surface area contributed by atoms with Gasteiger partial charge in [0.05, 0.1) is 0 Å². The third-order valence-electron chi connectivity index (χ3n) is 4.03. The standard InChI is InChI=1S/C20H28N2O2/c1-20(2,15-17-7-4-3-5-8-17)22-19(24)21-14-6-9-16-10-12-18(23)13-11-16/h4,7-8,10-13,23H,3,5-6,9,14-15H2,1-2H3,(H2,21,22,24). The highest BCUT2D eigenvalue weighted by molar-refractivity contribution is 5.74. The average molecular weight is 328 g/mol. The lowest BCUT2D eigenvalue weighted by Gasteiger charge is -2.27. The van der Waals surface area contributed by atoms with Gasteiger partial charge in [-0.25, -0.2) is 4.79 Å². The van der Waals surface area contributed by atoms with E-state index in [0.717, 1.165) is 37.7 Å². The largest absolute Gasteiger partial charge is 0.508 e. The maximum Gasteiger partial charge on any atom is 0.315 e. The van der Waals surface area contributed by atoms with Gasteiger partial charge in [-0.1, -0.05) is 35.9 Å². The Morgan fingerprint density at radius 3 is 2.62 bits per heavy atom. The number of phenolic OH excluding ortho intramolecular Hbond substituents is 1. The van der Waals surface area contributed by atoms with Gasteiger partial charge in [0.1, 0.15) is 5.75 Å². The summed E-state index contributed by atoms with van der Waals surface area (Å²) >= 11 is 0. The lowest BCUT2D eigenvalue weighted by Crippen LogP contribution is -2.48. The van der Waals surface area contributed by atoms with Gasteiger partial charge in [0.2, 0.25) is 0 Å². The summed E-state index contributed by atoms with van der Waals surface area (Å²) in [7, 11) is 0. The second-order valence-corrected chi connectivity index (χ2v) is 6.97. The second-order valence-electron chi connectivity index (χ2n) is 6.97. The molecule has 1 aliphatic rings. The molecule has 1 aromatic rings. The molecule has 0 bridgehead atoms. The molecule has 0 heterocycles. The molecule has 4 heteroatoms. The fraction of sp³-hybridized carbons (Fsp3) is 0.450. The van der Waals surface area contributed by atoms with E-state index < -0.39 is 0 Å². The minimum atomic E-state index is -0.269. The van der Waals surface area contributed by atoms with Crippen molar-refractivity contribution in [1.82, 2.24) is 10.6 Å². The van der Waals surface area contributed by atoms with E-state index in [2.05, 4.69) is 28.9 Å². The van der Waals surface area contributed by atoms with Crippen molar-refractivity contribution in [2.24, 2.45) is 0 Å². The van der Waals surface area contributed by atoms with E-state index in [1.165, 1.54) is 5.57 Å². The van der Waals surface area contributed by atoms with Gasteiger partial charge in [-0.15, -0.1) is 0 Å². The number of carbonyl (C=O) groups excluding carboxylic acids is 1. The average Bonchev–Trinajstić information content (AvgIpc) is 2.53. The fourth-order valence-corrected chi connectivity index (χ4v) is 2.86. The van der Waals surface area contributed by atoms with Gasteiger partial charge in [0.15, 0.2) is 0 Å². The summed E-state index contributed by atoms with van der Waals surface area (Å²) in [4.78, 5) is 12.1. The Kier molecular flexibility index (Phi) is 6.47. The molecule has 24 heavy (non-hydrogen) atoms. The Bertz CT molecular complexity index is 601. The van der Waals surface area contributed by atoms with Crippen LogP contribution in [0.4, 0.5) is 4.79 Å². The maximum atomic E-state index is 12.1. The number of hydrogen-bond acceptors (Lipinski definition) is 2. The minimum absolute atomic E-state index is 0.119. The molecule has 0 unspecified atom stereocenters. The highest BCUT2D eigenvalue weighted by Gasteiger charge is 2.21. The summed E-state index contributed by atoms with van der Waals surface area (Å²) in [6.07, 6.45) is 11.4. The molecule has 0 spiro atoms. The van der Waals surface area contributed by atoms with Crippen molar-refractivity contribution in [3.8, 4) is 5.75 Å². The van der Waals surface area contributed by atoms with Crippen LogP contribution in [0.2, 0.25) is 0 Å². The van der Waals surface area contributed by atoms with Gasteiger partial charge in [0.25, 0.3) is 0 Å². The zero-order valence-electron chi connectivity index (χ0n) is 14.6. The Hall–Kier alpha value is -2.23. The first-order valence-electron chi connectivity index (χ1n) is 8.64. The number of hydrogen-bond donors (Lipinski definition) is 3. The van der Waals surface area contributed by atoms with Gasteiger partial charge in [0, 0.05) is 12.1 Å². The molecule has 0 fully saturated rings. The minimum Gasteiger partial charge on any atom is -0.508 e. The zero-order valence-corrected chi connectivity index (χ0v) is 14.6. The van der Waals surface area contributed by atoms with Crippen LogP contribution in [0.5, 0.6) is 5.75 Å². The van der Waals surface area contributed by atoms with Crippen LogP contribution < -0.4 is 10.6 Å². The molecule has 0 aliphatic heterocycles. The van der Waals surface area contributed by atoms with E-state index in [-0.39, 0.29) is 17.3 Å². The van der Waals surface area contributed by atoms with Gasteiger partial charge < -0.3 is 15.7 Å². The summed E-state index contributed by atoms with van der Waals surface area (Å²) in [5.74, 6) is 0.279. The van der Waals surface area contributed by atoms with Crippen LogP contribution in [0.3, 0.4) is 0 Å². The van der Waals surface area contributed by atoms with Crippen molar-refractivity contribution in [2.75, 3.05) is 6.54 Å². The van der Waals surface area contributed by atoms with Crippen LogP contribution in [0, 0.1) is 0 Å². The molecule has 0 radical (unpaired) electrons. The monoisotopic (exact) mass is 328 g/mol. The molecule has 3 N–H and O–H groups in total. The third kappa shape index (κ3) is 6.49. The molecule has 0 atom stereocenters. The summed E-state index contributed by atoms with van der Waals surface area (Å²) in [6.45, 7) is 4.73. The first-order valence-corrected chi connectivity index (χ1v) is 8.64. The number of aromatic hydroxyl groups is 1. The van der Waals surface area contributed by atoms with Crippen LogP contribution in [-0.4, -0.2) is 23.2 Å².